The lowest BCUT2D eigenvalue weighted by atomic mass is 10.0. The Balaban J connectivity index is 1.84. The lowest BCUT2D eigenvalue weighted by Crippen LogP contribution is -2.35. The van der Waals surface area contributed by atoms with E-state index in [1.807, 2.05) is 26.1 Å². The highest BCUT2D eigenvalue weighted by Crippen LogP contribution is 2.46. The molecule has 1 amide bonds. The first-order valence-corrected chi connectivity index (χ1v) is 7.38. The van der Waals surface area contributed by atoms with E-state index < -0.39 is 0 Å². The van der Waals surface area contributed by atoms with E-state index in [-0.39, 0.29) is 11.4 Å². The van der Waals surface area contributed by atoms with Crippen LogP contribution in [0.1, 0.15) is 34.5 Å². The maximum atomic E-state index is 12.4. The van der Waals surface area contributed by atoms with Gasteiger partial charge < -0.3 is 5.32 Å². The van der Waals surface area contributed by atoms with Crippen molar-refractivity contribution in [3.63, 3.8) is 0 Å². The van der Waals surface area contributed by atoms with Crippen LogP contribution in [0.4, 0.5) is 0 Å². The normalized spacial score (nSPS) is 15.9. The molecule has 1 heterocycles. The van der Waals surface area contributed by atoms with E-state index in [4.69, 9.17) is 0 Å². The maximum absolute atomic E-state index is 12.4. The SMILES string of the molecule is Cc1nn(C)cc1C(=O)NC1(c2cccc(Br)c2)CC1. The molecular weight excluding hydrogens is 318 g/mol. The number of halogens is 1. The second kappa shape index (κ2) is 4.74. The van der Waals surface area contributed by atoms with Gasteiger partial charge in [0.25, 0.3) is 5.91 Å². The molecule has 1 fully saturated rings. The average molecular weight is 334 g/mol. The maximum Gasteiger partial charge on any atom is 0.255 e. The molecule has 0 aliphatic heterocycles. The monoisotopic (exact) mass is 333 g/mol. The number of amides is 1. The lowest BCUT2D eigenvalue weighted by Gasteiger charge is -2.18. The van der Waals surface area contributed by atoms with Crippen LogP contribution < -0.4 is 5.32 Å². The van der Waals surface area contributed by atoms with E-state index in [0.717, 1.165) is 28.6 Å². The molecule has 0 atom stereocenters. The van der Waals surface area contributed by atoms with Crippen molar-refractivity contribution in [3.8, 4) is 0 Å². The molecule has 1 aliphatic carbocycles. The van der Waals surface area contributed by atoms with E-state index in [1.54, 1.807) is 10.9 Å². The van der Waals surface area contributed by atoms with E-state index in [9.17, 15) is 4.79 Å². The molecule has 20 heavy (non-hydrogen) atoms. The van der Waals surface area contributed by atoms with Gasteiger partial charge in [-0.2, -0.15) is 5.10 Å². The zero-order chi connectivity index (χ0) is 14.3. The summed E-state index contributed by atoms with van der Waals surface area (Å²) in [6.07, 6.45) is 3.73. The summed E-state index contributed by atoms with van der Waals surface area (Å²) in [6, 6.07) is 8.13. The van der Waals surface area contributed by atoms with Gasteiger partial charge in [0.1, 0.15) is 0 Å². The van der Waals surface area contributed by atoms with Gasteiger partial charge in [-0.05, 0) is 37.5 Å². The first-order chi connectivity index (χ1) is 9.50. The van der Waals surface area contributed by atoms with Crippen LogP contribution in [0.2, 0.25) is 0 Å². The van der Waals surface area contributed by atoms with Gasteiger partial charge in [0.15, 0.2) is 0 Å². The van der Waals surface area contributed by atoms with Gasteiger partial charge in [0.2, 0.25) is 0 Å². The number of aryl methyl sites for hydroxylation is 2. The van der Waals surface area contributed by atoms with E-state index in [0.29, 0.717) is 5.56 Å². The van der Waals surface area contributed by atoms with Crippen LogP contribution >= 0.6 is 15.9 Å². The van der Waals surface area contributed by atoms with Gasteiger partial charge in [0, 0.05) is 17.7 Å². The molecule has 104 valence electrons. The van der Waals surface area contributed by atoms with E-state index in [2.05, 4.69) is 38.5 Å². The van der Waals surface area contributed by atoms with Crippen molar-refractivity contribution in [1.29, 1.82) is 0 Å². The summed E-state index contributed by atoms with van der Waals surface area (Å²) in [4.78, 5) is 12.4. The Morgan fingerprint density at radius 1 is 1.45 bits per heavy atom. The zero-order valence-electron chi connectivity index (χ0n) is 11.5. The average Bonchev–Trinajstić information content (AvgIpc) is 3.08. The molecule has 4 nitrogen and oxygen atoms in total. The highest BCUT2D eigenvalue weighted by atomic mass is 79.9. The predicted molar refractivity (Wildman–Crippen MR) is 80.5 cm³/mol. The minimum Gasteiger partial charge on any atom is -0.342 e. The Kier molecular flexibility index (Phi) is 3.17. The van der Waals surface area contributed by atoms with Crippen molar-refractivity contribution in [2.75, 3.05) is 0 Å². The summed E-state index contributed by atoms with van der Waals surface area (Å²) in [5.41, 5.74) is 2.36. The molecule has 1 aliphatic rings. The van der Waals surface area contributed by atoms with Crippen LogP contribution in [0.15, 0.2) is 34.9 Å². The van der Waals surface area contributed by atoms with Crippen LogP contribution in [0.25, 0.3) is 0 Å². The van der Waals surface area contributed by atoms with Crippen molar-refractivity contribution in [2.24, 2.45) is 7.05 Å². The summed E-state index contributed by atoms with van der Waals surface area (Å²) in [7, 11) is 1.82. The Morgan fingerprint density at radius 3 is 2.75 bits per heavy atom. The third-order valence-corrected chi connectivity index (χ3v) is 4.23. The standard InChI is InChI=1S/C15H16BrN3O/c1-10-13(9-19(2)18-10)14(20)17-15(6-7-15)11-4-3-5-12(16)8-11/h3-5,8-9H,6-7H2,1-2H3,(H,17,20). The van der Waals surface area contributed by atoms with Gasteiger partial charge in [-0.15, -0.1) is 0 Å². The van der Waals surface area contributed by atoms with Crippen molar-refractivity contribution < 1.29 is 4.79 Å². The predicted octanol–water partition coefficient (Wildman–Crippen LogP) is 2.91. The Labute approximate surface area is 126 Å². The molecule has 0 saturated heterocycles. The first kappa shape index (κ1) is 13.4. The lowest BCUT2D eigenvalue weighted by molar-refractivity contribution is 0.0930. The van der Waals surface area contributed by atoms with Crippen LogP contribution in [-0.4, -0.2) is 15.7 Å². The van der Waals surface area contributed by atoms with Crippen molar-refractivity contribution in [1.82, 2.24) is 15.1 Å². The minimum absolute atomic E-state index is 0.0481. The van der Waals surface area contributed by atoms with E-state index >= 15 is 0 Å². The molecule has 0 unspecified atom stereocenters. The van der Waals surface area contributed by atoms with Crippen LogP contribution in [0, 0.1) is 6.92 Å². The van der Waals surface area contributed by atoms with Crippen LogP contribution in [0.5, 0.6) is 0 Å². The van der Waals surface area contributed by atoms with Crippen molar-refractivity contribution >= 4 is 21.8 Å². The van der Waals surface area contributed by atoms with Gasteiger partial charge in [-0.3, -0.25) is 9.48 Å². The summed E-state index contributed by atoms with van der Waals surface area (Å²) in [5.74, 6) is -0.0481. The molecule has 5 heteroatoms. The minimum atomic E-state index is -0.205. The molecule has 1 N–H and O–H groups in total. The third kappa shape index (κ3) is 2.38. The van der Waals surface area contributed by atoms with Gasteiger partial charge in [-0.1, -0.05) is 28.1 Å². The molecule has 1 aromatic heterocycles. The number of carbonyl (C=O) groups excluding carboxylic acids is 1. The summed E-state index contributed by atoms with van der Waals surface area (Å²) in [5, 5.41) is 7.39. The van der Waals surface area contributed by atoms with E-state index in [1.165, 1.54) is 0 Å². The van der Waals surface area contributed by atoms with Gasteiger partial charge >= 0.3 is 0 Å². The third-order valence-electron chi connectivity index (χ3n) is 3.74. The second-order valence-electron chi connectivity index (χ2n) is 5.35. The fourth-order valence-corrected chi connectivity index (χ4v) is 2.90. The molecular formula is C15H16BrN3O. The Hall–Kier alpha value is -1.62. The number of hydrogen-bond acceptors (Lipinski definition) is 2. The number of benzene rings is 1. The Bertz CT molecular complexity index is 674. The van der Waals surface area contributed by atoms with Crippen molar-refractivity contribution in [2.45, 2.75) is 25.3 Å². The smallest absolute Gasteiger partial charge is 0.255 e. The number of carbonyl (C=O) groups is 1. The van der Waals surface area contributed by atoms with Gasteiger partial charge in [0.05, 0.1) is 16.8 Å². The number of nitrogens with one attached hydrogen (secondary N) is 1. The molecule has 0 bridgehead atoms. The Morgan fingerprint density at radius 2 is 2.20 bits per heavy atom. The number of nitrogens with zero attached hydrogens (tertiary/aromatic N) is 2. The molecule has 0 spiro atoms. The summed E-state index contributed by atoms with van der Waals surface area (Å²) in [6.45, 7) is 1.85. The zero-order valence-corrected chi connectivity index (χ0v) is 13.1. The number of aromatic nitrogens is 2. The molecule has 0 radical (unpaired) electrons. The highest BCUT2D eigenvalue weighted by molar-refractivity contribution is 9.10. The quantitative estimate of drug-likeness (QED) is 0.938. The summed E-state index contributed by atoms with van der Waals surface area (Å²) < 4.78 is 2.70. The molecule has 3 rings (SSSR count). The number of hydrogen-bond donors (Lipinski definition) is 1. The fraction of sp³-hybridized carbons (Fsp3) is 0.333. The highest BCUT2D eigenvalue weighted by Gasteiger charge is 2.46. The molecule has 1 aromatic carbocycles. The second-order valence-corrected chi connectivity index (χ2v) is 6.26. The largest absolute Gasteiger partial charge is 0.342 e. The van der Waals surface area contributed by atoms with Crippen molar-refractivity contribution in [3.05, 3.63) is 51.8 Å². The van der Waals surface area contributed by atoms with Crippen LogP contribution in [-0.2, 0) is 12.6 Å². The fourth-order valence-electron chi connectivity index (χ4n) is 2.50. The number of rotatable bonds is 3. The summed E-state index contributed by atoms with van der Waals surface area (Å²) >= 11 is 3.48. The molecule has 2 aromatic rings. The van der Waals surface area contributed by atoms with Crippen LogP contribution in [0.3, 0.4) is 0 Å². The molecule has 1 saturated carbocycles. The topological polar surface area (TPSA) is 46.9 Å². The van der Waals surface area contributed by atoms with Gasteiger partial charge in [-0.25, -0.2) is 0 Å². The first-order valence-electron chi connectivity index (χ1n) is 6.59.